The number of nitrogens with one attached hydrogen (secondary N) is 2. The molecule has 4 amide bonds. The Bertz CT molecular complexity index is 731. The number of urea groups is 1. The highest BCUT2D eigenvalue weighted by Gasteiger charge is 2.44. The van der Waals surface area contributed by atoms with Crippen molar-refractivity contribution in [2.45, 2.75) is 25.8 Å². The molecule has 1 heterocycles. The number of rotatable bonds is 7. The van der Waals surface area contributed by atoms with E-state index in [4.69, 9.17) is 9.47 Å². The number of benzene rings is 1. The molecule has 0 unspecified atom stereocenters. The summed E-state index contributed by atoms with van der Waals surface area (Å²) in [4.78, 5) is 48.2. The lowest BCUT2D eigenvalue weighted by molar-refractivity contribution is -0.147. The van der Waals surface area contributed by atoms with Gasteiger partial charge in [-0.1, -0.05) is 6.07 Å². The van der Waals surface area contributed by atoms with E-state index in [9.17, 15) is 19.2 Å². The van der Waals surface area contributed by atoms with Crippen molar-refractivity contribution in [3.63, 3.8) is 0 Å². The fourth-order valence-corrected chi connectivity index (χ4v) is 2.34. The SMILES string of the molecule is COc1cccc(NC(=O)COC(=O)CCN2C(=O)NC(C)(C)C2=O)c1. The number of anilines is 1. The molecule has 2 rings (SSSR count). The van der Waals surface area contributed by atoms with E-state index in [1.54, 1.807) is 38.1 Å². The van der Waals surface area contributed by atoms with Crippen LogP contribution in [0, 0.1) is 0 Å². The Kier molecular flexibility index (Phi) is 5.81. The molecule has 9 nitrogen and oxygen atoms in total. The van der Waals surface area contributed by atoms with E-state index in [0.717, 1.165) is 4.90 Å². The Morgan fingerprint density at radius 1 is 1.27 bits per heavy atom. The molecule has 0 bridgehead atoms. The van der Waals surface area contributed by atoms with Crippen LogP contribution in [-0.4, -0.2) is 54.5 Å². The zero-order valence-electron chi connectivity index (χ0n) is 14.8. The van der Waals surface area contributed by atoms with Gasteiger partial charge < -0.3 is 20.1 Å². The maximum absolute atomic E-state index is 12.0. The minimum atomic E-state index is -0.988. The summed E-state index contributed by atoms with van der Waals surface area (Å²) in [5, 5.41) is 5.08. The number of carbonyl (C=O) groups is 4. The average Bonchev–Trinajstić information content (AvgIpc) is 2.79. The molecule has 1 saturated heterocycles. The van der Waals surface area contributed by atoms with E-state index in [1.807, 2.05) is 0 Å². The summed E-state index contributed by atoms with van der Waals surface area (Å²) in [5.74, 6) is -1.03. The second-order valence-corrected chi connectivity index (χ2v) is 6.20. The standard InChI is InChI=1S/C17H21N3O6/c1-17(2)15(23)20(16(24)19-17)8-7-14(22)26-10-13(21)18-11-5-4-6-12(9-11)25-3/h4-6,9H,7-8,10H2,1-3H3,(H,18,21)(H,19,24). The summed E-state index contributed by atoms with van der Waals surface area (Å²) in [6.45, 7) is 2.58. The third-order valence-electron chi connectivity index (χ3n) is 3.70. The van der Waals surface area contributed by atoms with Crippen molar-refractivity contribution in [1.82, 2.24) is 10.2 Å². The van der Waals surface area contributed by atoms with Gasteiger partial charge in [0, 0.05) is 18.3 Å². The molecule has 1 aromatic carbocycles. The molecule has 0 atom stereocenters. The van der Waals surface area contributed by atoms with Gasteiger partial charge in [-0.2, -0.15) is 0 Å². The Morgan fingerprint density at radius 2 is 2.00 bits per heavy atom. The fraction of sp³-hybridized carbons (Fsp3) is 0.412. The van der Waals surface area contributed by atoms with Crippen LogP contribution in [0.4, 0.5) is 10.5 Å². The Balaban J connectivity index is 1.75. The molecule has 0 spiro atoms. The van der Waals surface area contributed by atoms with Gasteiger partial charge in [0.15, 0.2) is 6.61 Å². The summed E-state index contributed by atoms with van der Waals surface area (Å²) in [6, 6.07) is 6.18. The second kappa shape index (κ2) is 7.85. The molecule has 1 aromatic rings. The second-order valence-electron chi connectivity index (χ2n) is 6.20. The van der Waals surface area contributed by atoms with Crippen LogP contribution in [0.3, 0.4) is 0 Å². The van der Waals surface area contributed by atoms with Gasteiger partial charge in [0.05, 0.1) is 13.5 Å². The lowest BCUT2D eigenvalue weighted by atomic mass is 10.1. The number of hydrogen-bond donors (Lipinski definition) is 2. The molecular formula is C17H21N3O6. The molecule has 2 N–H and O–H groups in total. The van der Waals surface area contributed by atoms with Gasteiger partial charge in [-0.05, 0) is 26.0 Å². The third-order valence-corrected chi connectivity index (χ3v) is 3.70. The molecule has 9 heteroatoms. The minimum absolute atomic E-state index is 0.107. The van der Waals surface area contributed by atoms with Crippen molar-refractivity contribution in [3.05, 3.63) is 24.3 Å². The van der Waals surface area contributed by atoms with E-state index in [-0.39, 0.29) is 13.0 Å². The summed E-state index contributed by atoms with van der Waals surface area (Å²) in [6.07, 6.45) is -0.193. The van der Waals surface area contributed by atoms with Crippen LogP contribution in [0.15, 0.2) is 24.3 Å². The number of nitrogens with zero attached hydrogens (tertiary/aromatic N) is 1. The number of hydrogen-bond acceptors (Lipinski definition) is 6. The van der Waals surface area contributed by atoms with Crippen molar-refractivity contribution in [2.24, 2.45) is 0 Å². The molecule has 0 saturated carbocycles. The molecule has 0 aliphatic carbocycles. The molecule has 1 fully saturated rings. The highest BCUT2D eigenvalue weighted by molar-refractivity contribution is 6.06. The van der Waals surface area contributed by atoms with Gasteiger partial charge in [-0.15, -0.1) is 0 Å². The first-order valence-electron chi connectivity index (χ1n) is 7.96. The van der Waals surface area contributed by atoms with Crippen molar-refractivity contribution >= 4 is 29.5 Å². The largest absolute Gasteiger partial charge is 0.497 e. The normalized spacial score (nSPS) is 15.4. The average molecular weight is 363 g/mol. The summed E-state index contributed by atoms with van der Waals surface area (Å²) in [5.41, 5.74) is -0.482. The van der Waals surface area contributed by atoms with Gasteiger partial charge in [-0.25, -0.2) is 4.79 Å². The fourth-order valence-electron chi connectivity index (χ4n) is 2.34. The van der Waals surface area contributed by atoms with Crippen LogP contribution in [0.2, 0.25) is 0 Å². The topological polar surface area (TPSA) is 114 Å². The first-order valence-corrected chi connectivity index (χ1v) is 7.96. The first-order chi connectivity index (χ1) is 12.2. The number of ether oxygens (including phenoxy) is 2. The van der Waals surface area contributed by atoms with Crippen LogP contribution in [-0.2, 0) is 19.1 Å². The maximum atomic E-state index is 12.0. The van der Waals surface area contributed by atoms with Crippen LogP contribution < -0.4 is 15.4 Å². The number of esters is 1. The summed E-state index contributed by atoms with van der Waals surface area (Å²) < 4.78 is 9.91. The van der Waals surface area contributed by atoms with Crippen molar-refractivity contribution < 1.29 is 28.7 Å². The summed E-state index contributed by atoms with van der Waals surface area (Å²) >= 11 is 0. The molecule has 140 valence electrons. The van der Waals surface area contributed by atoms with Crippen molar-refractivity contribution in [1.29, 1.82) is 0 Å². The highest BCUT2D eigenvalue weighted by atomic mass is 16.5. The number of amides is 4. The van der Waals surface area contributed by atoms with Gasteiger partial charge in [0.2, 0.25) is 0 Å². The first kappa shape index (κ1) is 19.2. The number of imide groups is 1. The molecular weight excluding hydrogens is 342 g/mol. The van der Waals surface area contributed by atoms with E-state index < -0.39 is 36.0 Å². The van der Waals surface area contributed by atoms with Crippen molar-refractivity contribution in [2.75, 3.05) is 25.6 Å². The molecule has 1 aliphatic heterocycles. The van der Waals surface area contributed by atoms with E-state index in [1.165, 1.54) is 7.11 Å². The van der Waals surface area contributed by atoms with Crippen LogP contribution in [0.5, 0.6) is 5.75 Å². The molecule has 26 heavy (non-hydrogen) atoms. The number of methoxy groups -OCH3 is 1. The predicted molar refractivity (Wildman–Crippen MR) is 91.5 cm³/mol. The quantitative estimate of drug-likeness (QED) is 0.549. The van der Waals surface area contributed by atoms with E-state index in [0.29, 0.717) is 11.4 Å². The van der Waals surface area contributed by atoms with Gasteiger partial charge >= 0.3 is 12.0 Å². The molecule has 0 aromatic heterocycles. The Morgan fingerprint density at radius 3 is 2.62 bits per heavy atom. The highest BCUT2D eigenvalue weighted by Crippen LogP contribution is 2.17. The monoisotopic (exact) mass is 363 g/mol. The zero-order valence-corrected chi connectivity index (χ0v) is 14.8. The van der Waals surface area contributed by atoms with E-state index >= 15 is 0 Å². The lowest BCUT2D eigenvalue weighted by Crippen LogP contribution is -2.40. The molecule has 1 aliphatic rings. The van der Waals surface area contributed by atoms with Gasteiger partial charge in [0.1, 0.15) is 11.3 Å². The smallest absolute Gasteiger partial charge is 0.325 e. The van der Waals surface area contributed by atoms with E-state index in [2.05, 4.69) is 10.6 Å². The Hall–Kier alpha value is -3.10. The van der Waals surface area contributed by atoms with Gasteiger partial charge in [0.25, 0.3) is 11.8 Å². The zero-order chi connectivity index (χ0) is 19.3. The van der Waals surface area contributed by atoms with Crippen LogP contribution in [0.1, 0.15) is 20.3 Å². The minimum Gasteiger partial charge on any atom is -0.497 e. The van der Waals surface area contributed by atoms with Gasteiger partial charge in [-0.3, -0.25) is 19.3 Å². The predicted octanol–water partition coefficient (Wildman–Crippen LogP) is 0.897. The Labute approximate surface area is 150 Å². The van der Waals surface area contributed by atoms with Crippen LogP contribution >= 0.6 is 0 Å². The maximum Gasteiger partial charge on any atom is 0.325 e. The number of carbonyl (C=O) groups excluding carboxylic acids is 4. The summed E-state index contributed by atoms with van der Waals surface area (Å²) in [7, 11) is 1.51. The third kappa shape index (κ3) is 4.71. The molecule has 0 radical (unpaired) electrons. The van der Waals surface area contributed by atoms with Crippen molar-refractivity contribution in [3.8, 4) is 5.75 Å². The van der Waals surface area contributed by atoms with Crippen LogP contribution in [0.25, 0.3) is 0 Å². The lowest BCUT2D eigenvalue weighted by Gasteiger charge is -2.15.